The molecule has 6 nitrogen and oxygen atoms in total. The molecule has 140 valence electrons. The number of piperidine rings is 1. The van der Waals surface area contributed by atoms with Crippen molar-refractivity contribution in [1.82, 2.24) is 14.5 Å². The van der Waals surface area contributed by atoms with Gasteiger partial charge in [-0.2, -0.15) is 4.31 Å². The number of nitrogens with zero attached hydrogens (tertiary/aromatic N) is 2. The Balaban J connectivity index is 0.00000225. The number of hydrogen-bond donors (Lipinski definition) is 1. The molecule has 1 aromatic rings. The molecule has 2 aliphatic rings. The zero-order valence-electron chi connectivity index (χ0n) is 14.5. The van der Waals surface area contributed by atoms with Gasteiger partial charge in [0, 0.05) is 44.3 Å². The maximum Gasteiger partial charge on any atom is 0.254 e. The van der Waals surface area contributed by atoms with Crippen LogP contribution >= 0.6 is 12.4 Å². The predicted molar refractivity (Wildman–Crippen MR) is 99.7 cm³/mol. The molecule has 2 fully saturated rings. The number of halogens is 1. The van der Waals surface area contributed by atoms with Gasteiger partial charge >= 0.3 is 0 Å². The highest BCUT2D eigenvalue weighted by Gasteiger charge is 2.28. The van der Waals surface area contributed by atoms with E-state index in [4.69, 9.17) is 0 Å². The van der Waals surface area contributed by atoms with Gasteiger partial charge < -0.3 is 10.2 Å². The van der Waals surface area contributed by atoms with E-state index in [1.807, 2.05) is 11.8 Å². The standard InChI is InChI=1S/C17H25N3O3S.ClH/c1-14-13-18-8-11-20(14)17(21)15-6-5-7-16(12-15)24(22,23)19-9-3-2-4-10-19;/h5-7,12,14,18H,2-4,8-11,13H2,1H3;1H/t14-;/m1./s1. The quantitative estimate of drug-likeness (QED) is 0.857. The van der Waals surface area contributed by atoms with E-state index in [2.05, 4.69) is 5.32 Å². The Morgan fingerprint density at radius 2 is 1.88 bits per heavy atom. The van der Waals surface area contributed by atoms with Crippen LogP contribution in [0.5, 0.6) is 0 Å². The molecule has 25 heavy (non-hydrogen) atoms. The zero-order chi connectivity index (χ0) is 17.2. The molecule has 0 saturated carbocycles. The lowest BCUT2D eigenvalue weighted by atomic mass is 10.1. The average molecular weight is 388 g/mol. The van der Waals surface area contributed by atoms with Crippen LogP contribution in [0.15, 0.2) is 29.2 Å². The van der Waals surface area contributed by atoms with Crippen molar-refractivity contribution in [2.75, 3.05) is 32.7 Å². The van der Waals surface area contributed by atoms with Crippen LogP contribution in [0, 0.1) is 0 Å². The third-order valence-electron chi connectivity index (χ3n) is 4.80. The maximum absolute atomic E-state index is 12.8. The lowest BCUT2D eigenvalue weighted by molar-refractivity contribution is 0.0655. The van der Waals surface area contributed by atoms with Gasteiger partial charge in [-0.05, 0) is 38.0 Å². The van der Waals surface area contributed by atoms with E-state index in [1.165, 1.54) is 10.4 Å². The third kappa shape index (κ3) is 4.34. The van der Waals surface area contributed by atoms with E-state index in [1.54, 1.807) is 18.2 Å². The summed E-state index contributed by atoms with van der Waals surface area (Å²) in [6.07, 6.45) is 2.87. The van der Waals surface area contributed by atoms with Crippen LogP contribution in [-0.4, -0.2) is 62.3 Å². The van der Waals surface area contributed by atoms with Gasteiger partial charge in [0.1, 0.15) is 0 Å². The normalized spacial score (nSPS) is 22.3. The number of benzene rings is 1. The van der Waals surface area contributed by atoms with Gasteiger partial charge in [-0.15, -0.1) is 12.4 Å². The van der Waals surface area contributed by atoms with Gasteiger partial charge in [0.25, 0.3) is 5.91 Å². The fraction of sp³-hybridized carbons (Fsp3) is 0.588. The van der Waals surface area contributed by atoms with Crippen molar-refractivity contribution < 1.29 is 13.2 Å². The van der Waals surface area contributed by atoms with Gasteiger partial charge in [-0.25, -0.2) is 8.42 Å². The molecule has 1 N–H and O–H groups in total. The number of amides is 1. The summed E-state index contributed by atoms with van der Waals surface area (Å²) in [6, 6.07) is 6.58. The lowest BCUT2D eigenvalue weighted by Crippen LogP contribution is -2.52. The van der Waals surface area contributed by atoms with Crippen molar-refractivity contribution >= 4 is 28.3 Å². The van der Waals surface area contributed by atoms with Gasteiger partial charge in [0.2, 0.25) is 10.0 Å². The monoisotopic (exact) mass is 387 g/mol. The number of nitrogens with one attached hydrogen (secondary N) is 1. The number of rotatable bonds is 3. The molecule has 0 spiro atoms. The van der Waals surface area contributed by atoms with E-state index in [0.29, 0.717) is 25.2 Å². The molecular formula is C17H26ClN3O3S. The molecule has 1 atom stereocenters. The molecule has 0 radical (unpaired) electrons. The first-order chi connectivity index (χ1) is 11.5. The van der Waals surface area contributed by atoms with Crippen LogP contribution in [0.25, 0.3) is 0 Å². The summed E-state index contributed by atoms with van der Waals surface area (Å²) in [5, 5.41) is 3.25. The summed E-state index contributed by atoms with van der Waals surface area (Å²) < 4.78 is 27.1. The lowest BCUT2D eigenvalue weighted by Gasteiger charge is -2.34. The minimum Gasteiger partial charge on any atom is -0.333 e. The van der Waals surface area contributed by atoms with Gasteiger partial charge in [0.05, 0.1) is 4.90 Å². The fourth-order valence-corrected chi connectivity index (χ4v) is 4.92. The van der Waals surface area contributed by atoms with E-state index in [0.717, 1.165) is 32.4 Å². The molecular weight excluding hydrogens is 362 g/mol. The van der Waals surface area contributed by atoms with E-state index in [9.17, 15) is 13.2 Å². The van der Waals surface area contributed by atoms with E-state index in [-0.39, 0.29) is 29.3 Å². The van der Waals surface area contributed by atoms with Crippen LogP contribution < -0.4 is 5.32 Å². The largest absolute Gasteiger partial charge is 0.333 e. The first-order valence-corrected chi connectivity index (χ1v) is 10.1. The summed E-state index contributed by atoms with van der Waals surface area (Å²) in [7, 11) is -3.51. The minimum absolute atomic E-state index is 0. The van der Waals surface area contributed by atoms with Crippen molar-refractivity contribution in [1.29, 1.82) is 0 Å². The second kappa shape index (κ2) is 8.49. The Bertz CT molecular complexity index is 705. The van der Waals surface area contributed by atoms with Crippen LogP contribution in [0.4, 0.5) is 0 Å². The molecule has 1 aromatic carbocycles. The average Bonchev–Trinajstić information content (AvgIpc) is 2.62. The second-order valence-electron chi connectivity index (χ2n) is 6.54. The first kappa shape index (κ1) is 20.2. The predicted octanol–water partition coefficient (Wildman–Crippen LogP) is 1.72. The molecule has 1 amide bonds. The molecule has 0 bridgehead atoms. The molecule has 3 rings (SSSR count). The van der Waals surface area contributed by atoms with Crippen LogP contribution in [0.2, 0.25) is 0 Å². The Labute approximate surface area is 156 Å². The van der Waals surface area contributed by atoms with Crippen LogP contribution in [-0.2, 0) is 10.0 Å². The maximum atomic E-state index is 12.8. The van der Waals surface area contributed by atoms with Gasteiger partial charge in [-0.3, -0.25) is 4.79 Å². The number of piperazine rings is 1. The van der Waals surface area contributed by atoms with E-state index >= 15 is 0 Å². The van der Waals surface area contributed by atoms with Crippen molar-refractivity contribution in [2.45, 2.75) is 37.1 Å². The van der Waals surface area contributed by atoms with Crippen molar-refractivity contribution in [3.05, 3.63) is 29.8 Å². The summed E-state index contributed by atoms with van der Waals surface area (Å²) in [5.74, 6) is -0.0975. The Kier molecular flexibility index (Phi) is 6.85. The van der Waals surface area contributed by atoms with Crippen molar-refractivity contribution in [3.63, 3.8) is 0 Å². The van der Waals surface area contributed by atoms with Gasteiger partial charge in [0.15, 0.2) is 0 Å². The first-order valence-electron chi connectivity index (χ1n) is 8.62. The number of sulfonamides is 1. The molecule has 0 aromatic heterocycles. The molecule has 2 aliphatic heterocycles. The highest BCUT2D eigenvalue weighted by molar-refractivity contribution is 7.89. The Hall–Kier alpha value is -1.15. The summed E-state index contributed by atoms with van der Waals surface area (Å²) in [5.41, 5.74) is 0.446. The summed E-state index contributed by atoms with van der Waals surface area (Å²) >= 11 is 0. The highest BCUT2D eigenvalue weighted by Crippen LogP contribution is 2.22. The van der Waals surface area contributed by atoms with Crippen LogP contribution in [0.1, 0.15) is 36.5 Å². The Morgan fingerprint density at radius 1 is 1.16 bits per heavy atom. The Morgan fingerprint density at radius 3 is 2.56 bits per heavy atom. The fourth-order valence-electron chi connectivity index (χ4n) is 3.35. The second-order valence-corrected chi connectivity index (χ2v) is 8.48. The molecule has 8 heteroatoms. The molecule has 0 unspecified atom stereocenters. The summed E-state index contributed by atoms with van der Waals surface area (Å²) in [6.45, 7) is 5.30. The van der Waals surface area contributed by atoms with Crippen molar-refractivity contribution in [2.24, 2.45) is 0 Å². The third-order valence-corrected chi connectivity index (χ3v) is 6.69. The highest BCUT2D eigenvalue weighted by atomic mass is 35.5. The molecule has 0 aliphatic carbocycles. The summed E-state index contributed by atoms with van der Waals surface area (Å²) in [4.78, 5) is 14.8. The topological polar surface area (TPSA) is 69.7 Å². The van der Waals surface area contributed by atoms with Gasteiger partial charge in [-0.1, -0.05) is 12.5 Å². The van der Waals surface area contributed by atoms with Crippen molar-refractivity contribution in [3.8, 4) is 0 Å². The van der Waals surface area contributed by atoms with Crippen LogP contribution in [0.3, 0.4) is 0 Å². The minimum atomic E-state index is -3.51. The molecule has 2 heterocycles. The number of hydrogen-bond acceptors (Lipinski definition) is 4. The SMILES string of the molecule is C[C@@H]1CNCCN1C(=O)c1cccc(S(=O)(=O)N2CCCCC2)c1.Cl. The number of carbonyl (C=O) groups is 1. The molecule has 2 saturated heterocycles. The number of carbonyl (C=O) groups excluding carboxylic acids is 1. The zero-order valence-corrected chi connectivity index (χ0v) is 16.1. The smallest absolute Gasteiger partial charge is 0.254 e. The van der Waals surface area contributed by atoms with E-state index < -0.39 is 10.0 Å².